The zero-order chi connectivity index (χ0) is 17.8. The Hall–Kier alpha value is -2.01. The van der Waals surface area contributed by atoms with Crippen molar-refractivity contribution < 1.29 is 9.53 Å². The number of halogens is 1. The van der Waals surface area contributed by atoms with E-state index in [4.69, 9.17) is 4.74 Å². The normalized spacial score (nSPS) is 15.1. The number of piperidine rings is 1. The Balaban J connectivity index is 1.65. The second-order valence-corrected chi connectivity index (χ2v) is 7.37. The first-order valence-electron chi connectivity index (χ1n) is 8.56. The van der Waals surface area contributed by atoms with Gasteiger partial charge in [0.15, 0.2) is 0 Å². The number of nitrogens with zero attached hydrogens (tertiary/aromatic N) is 1. The van der Waals surface area contributed by atoms with E-state index in [9.17, 15) is 4.79 Å². The summed E-state index contributed by atoms with van der Waals surface area (Å²) in [6.07, 6.45) is 2.48. The van der Waals surface area contributed by atoms with E-state index in [-0.39, 0.29) is 5.91 Å². The quantitative estimate of drug-likeness (QED) is 0.786. The number of nitrogens with one attached hydrogen (secondary N) is 1. The van der Waals surface area contributed by atoms with Crippen LogP contribution in [0.3, 0.4) is 0 Å². The Kier molecular flexibility index (Phi) is 5.63. The monoisotopic (exact) mass is 402 g/mol. The van der Waals surface area contributed by atoms with Crippen molar-refractivity contribution >= 4 is 33.2 Å². The molecule has 25 heavy (non-hydrogen) atoms. The highest BCUT2D eigenvalue weighted by Crippen LogP contribution is 2.27. The maximum Gasteiger partial charge on any atom is 0.255 e. The lowest BCUT2D eigenvalue weighted by Gasteiger charge is -2.32. The highest BCUT2D eigenvalue weighted by molar-refractivity contribution is 9.10. The summed E-state index contributed by atoms with van der Waals surface area (Å²) >= 11 is 3.41. The minimum Gasteiger partial charge on any atom is -0.496 e. The molecule has 132 valence electrons. The number of amides is 1. The second-order valence-electron chi connectivity index (χ2n) is 6.52. The number of benzene rings is 2. The van der Waals surface area contributed by atoms with E-state index in [0.29, 0.717) is 11.3 Å². The van der Waals surface area contributed by atoms with E-state index in [1.54, 1.807) is 25.3 Å². The molecule has 0 radical (unpaired) electrons. The molecule has 3 rings (SSSR count). The van der Waals surface area contributed by atoms with Gasteiger partial charge in [-0.1, -0.05) is 6.92 Å². The smallest absolute Gasteiger partial charge is 0.255 e. The van der Waals surface area contributed by atoms with Gasteiger partial charge in [-0.3, -0.25) is 4.79 Å². The predicted molar refractivity (Wildman–Crippen MR) is 106 cm³/mol. The van der Waals surface area contributed by atoms with Gasteiger partial charge in [-0.05, 0) is 77.2 Å². The molecule has 0 unspecified atom stereocenters. The lowest BCUT2D eigenvalue weighted by atomic mass is 9.99. The van der Waals surface area contributed by atoms with Crippen LogP contribution in [0.1, 0.15) is 30.1 Å². The van der Waals surface area contributed by atoms with Crippen LogP contribution >= 0.6 is 15.9 Å². The Bertz CT molecular complexity index is 738. The standard InChI is InChI=1S/C20H23BrN2O2/c1-14-9-11-23(12-10-14)17-6-4-16(5-7-17)22-20(24)15-3-8-19(25-2)18(21)13-15/h3-8,13-14H,9-12H2,1-2H3,(H,22,24). The van der Waals surface area contributed by atoms with Crippen molar-refractivity contribution in [2.45, 2.75) is 19.8 Å². The molecule has 2 aromatic rings. The number of carbonyl (C=O) groups excluding carboxylic acids is 1. The van der Waals surface area contributed by atoms with Crippen LogP contribution in [0, 0.1) is 5.92 Å². The highest BCUT2D eigenvalue weighted by Gasteiger charge is 2.16. The molecular weight excluding hydrogens is 380 g/mol. The molecule has 4 nitrogen and oxygen atoms in total. The molecule has 0 aromatic heterocycles. The average Bonchev–Trinajstić information content (AvgIpc) is 2.63. The third-order valence-electron chi connectivity index (χ3n) is 4.69. The van der Waals surface area contributed by atoms with Gasteiger partial charge in [0, 0.05) is 30.0 Å². The zero-order valence-corrected chi connectivity index (χ0v) is 16.2. The first-order valence-corrected chi connectivity index (χ1v) is 9.36. The van der Waals surface area contributed by atoms with Crippen molar-refractivity contribution in [1.82, 2.24) is 0 Å². The molecule has 1 aliphatic heterocycles. The average molecular weight is 403 g/mol. The fourth-order valence-electron chi connectivity index (χ4n) is 3.03. The highest BCUT2D eigenvalue weighted by atomic mass is 79.9. The van der Waals surface area contributed by atoms with Crippen LogP contribution < -0.4 is 15.0 Å². The summed E-state index contributed by atoms with van der Waals surface area (Å²) in [6.45, 7) is 4.52. The van der Waals surface area contributed by atoms with Gasteiger partial charge < -0.3 is 15.0 Å². The van der Waals surface area contributed by atoms with Crippen molar-refractivity contribution in [3.05, 3.63) is 52.5 Å². The summed E-state index contributed by atoms with van der Waals surface area (Å²) in [5, 5.41) is 2.94. The summed E-state index contributed by atoms with van der Waals surface area (Å²) < 4.78 is 5.95. The van der Waals surface area contributed by atoms with Gasteiger partial charge in [0.05, 0.1) is 11.6 Å². The van der Waals surface area contributed by atoms with Crippen LogP contribution in [0.4, 0.5) is 11.4 Å². The minimum absolute atomic E-state index is 0.136. The molecule has 1 fully saturated rings. The number of hydrogen-bond acceptors (Lipinski definition) is 3. The van der Waals surface area contributed by atoms with E-state index in [2.05, 4.69) is 45.2 Å². The summed E-state index contributed by atoms with van der Waals surface area (Å²) in [4.78, 5) is 14.8. The summed E-state index contributed by atoms with van der Waals surface area (Å²) in [5.74, 6) is 1.39. The molecule has 5 heteroatoms. The number of carbonyl (C=O) groups is 1. The van der Waals surface area contributed by atoms with Crippen molar-refractivity contribution in [3.8, 4) is 5.75 Å². The van der Waals surface area contributed by atoms with E-state index in [1.807, 2.05) is 12.1 Å². The van der Waals surface area contributed by atoms with Crippen LogP contribution in [0.5, 0.6) is 5.75 Å². The van der Waals surface area contributed by atoms with Crippen LogP contribution in [-0.4, -0.2) is 26.1 Å². The Labute approximate surface area is 157 Å². The van der Waals surface area contributed by atoms with Gasteiger partial charge in [0.2, 0.25) is 0 Å². The van der Waals surface area contributed by atoms with Crippen molar-refractivity contribution in [2.24, 2.45) is 5.92 Å². The third-order valence-corrected chi connectivity index (χ3v) is 5.31. The molecule has 0 spiro atoms. The van der Waals surface area contributed by atoms with Crippen LogP contribution in [0.2, 0.25) is 0 Å². The summed E-state index contributed by atoms with van der Waals surface area (Å²) in [5.41, 5.74) is 2.60. The minimum atomic E-state index is -0.136. The summed E-state index contributed by atoms with van der Waals surface area (Å²) in [6, 6.07) is 13.4. The topological polar surface area (TPSA) is 41.6 Å². The molecule has 2 aromatic carbocycles. The van der Waals surface area contributed by atoms with Gasteiger partial charge >= 0.3 is 0 Å². The molecule has 1 saturated heterocycles. The summed E-state index contributed by atoms with van der Waals surface area (Å²) in [7, 11) is 1.60. The van der Waals surface area contributed by atoms with E-state index in [1.165, 1.54) is 18.5 Å². The maximum absolute atomic E-state index is 12.4. The van der Waals surface area contributed by atoms with Crippen LogP contribution in [-0.2, 0) is 0 Å². The molecule has 0 atom stereocenters. The van der Waals surface area contributed by atoms with Gasteiger partial charge in [0.25, 0.3) is 5.91 Å². The molecule has 0 bridgehead atoms. The first kappa shape index (κ1) is 17.8. The van der Waals surface area contributed by atoms with E-state index >= 15 is 0 Å². The SMILES string of the molecule is COc1ccc(C(=O)Nc2ccc(N3CCC(C)CC3)cc2)cc1Br. The number of rotatable bonds is 4. The first-order chi connectivity index (χ1) is 12.1. The molecule has 1 N–H and O–H groups in total. The maximum atomic E-state index is 12.4. The van der Waals surface area contributed by atoms with E-state index in [0.717, 1.165) is 29.2 Å². The van der Waals surface area contributed by atoms with Gasteiger partial charge in [-0.25, -0.2) is 0 Å². The van der Waals surface area contributed by atoms with Gasteiger partial charge in [-0.15, -0.1) is 0 Å². The second kappa shape index (κ2) is 7.91. The molecular formula is C20H23BrN2O2. The number of hydrogen-bond donors (Lipinski definition) is 1. The third kappa shape index (κ3) is 4.34. The zero-order valence-electron chi connectivity index (χ0n) is 14.6. The largest absolute Gasteiger partial charge is 0.496 e. The Morgan fingerprint density at radius 2 is 1.84 bits per heavy atom. The fourth-order valence-corrected chi connectivity index (χ4v) is 3.57. The van der Waals surface area contributed by atoms with Gasteiger partial charge in [0.1, 0.15) is 5.75 Å². The lowest BCUT2D eigenvalue weighted by Crippen LogP contribution is -2.32. The molecule has 0 saturated carbocycles. The van der Waals surface area contributed by atoms with Crippen molar-refractivity contribution in [3.63, 3.8) is 0 Å². The fraction of sp³-hybridized carbons (Fsp3) is 0.350. The van der Waals surface area contributed by atoms with Gasteiger partial charge in [-0.2, -0.15) is 0 Å². The molecule has 0 aliphatic carbocycles. The van der Waals surface area contributed by atoms with Crippen molar-refractivity contribution in [2.75, 3.05) is 30.4 Å². The molecule has 1 heterocycles. The van der Waals surface area contributed by atoms with Crippen LogP contribution in [0.25, 0.3) is 0 Å². The van der Waals surface area contributed by atoms with Crippen LogP contribution in [0.15, 0.2) is 46.9 Å². The molecule has 1 amide bonds. The van der Waals surface area contributed by atoms with E-state index < -0.39 is 0 Å². The van der Waals surface area contributed by atoms with Crippen molar-refractivity contribution in [1.29, 1.82) is 0 Å². The Morgan fingerprint density at radius 3 is 2.44 bits per heavy atom. The Morgan fingerprint density at radius 1 is 1.16 bits per heavy atom. The molecule has 1 aliphatic rings. The predicted octanol–water partition coefficient (Wildman–Crippen LogP) is 4.95. The number of methoxy groups -OCH3 is 1. The lowest BCUT2D eigenvalue weighted by molar-refractivity contribution is 0.102. The number of ether oxygens (including phenoxy) is 1. The number of anilines is 2.